The molecule has 0 bridgehead atoms. The van der Waals surface area contributed by atoms with Crippen molar-refractivity contribution in [2.45, 2.75) is 27.2 Å². The minimum atomic E-state index is -0.0946. The molecule has 2 heterocycles. The summed E-state index contributed by atoms with van der Waals surface area (Å²) < 4.78 is 1.92. The van der Waals surface area contributed by atoms with Gasteiger partial charge in [0, 0.05) is 41.5 Å². The lowest BCUT2D eigenvalue weighted by Gasteiger charge is -2.17. The summed E-state index contributed by atoms with van der Waals surface area (Å²) in [5.74, 6) is 0.789. The molecule has 35 heavy (non-hydrogen) atoms. The van der Waals surface area contributed by atoms with Gasteiger partial charge in [-0.05, 0) is 49.2 Å². The van der Waals surface area contributed by atoms with E-state index in [-0.39, 0.29) is 5.91 Å². The van der Waals surface area contributed by atoms with Gasteiger partial charge in [-0.2, -0.15) is 9.61 Å². The Morgan fingerprint density at radius 2 is 1.46 bits per heavy atom. The zero-order valence-corrected chi connectivity index (χ0v) is 20.0. The second kappa shape index (κ2) is 9.43. The maximum absolute atomic E-state index is 11.4. The van der Waals surface area contributed by atoms with Crippen LogP contribution in [0.5, 0.6) is 0 Å². The van der Waals surface area contributed by atoms with Crippen LogP contribution in [0.1, 0.15) is 29.4 Å². The van der Waals surface area contributed by atoms with Crippen molar-refractivity contribution in [3.8, 4) is 11.1 Å². The Kier molecular flexibility index (Phi) is 6.02. The van der Waals surface area contributed by atoms with Crippen molar-refractivity contribution < 1.29 is 4.79 Å². The Balaban J connectivity index is 1.66. The minimum Gasteiger partial charge on any atom is -0.340 e. The molecule has 2 N–H and O–H groups in total. The molecular formula is C29H27N5O. The molecule has 0 saturated heterocycles. The Hall–Kier alpha value is -4.45. The summed E-state index contributed by atoms with van der Waals surface area (Å²) in [5.41, 5.74) is 8.75. The van der Waals surface area contributed by atoms with Crippen LogP contribution in [0.15, 0.2) is 84.9 Å². The Morgan fingerprint density at radius 3 is 2.11 bits per heavy atom. The standard InChI is InChI=1S/C29H27N5O/c1-19-26(18-22-10-6-4-7-11-22)28(32-25-16-14-24(15-17-25)31-21(3)35)34-29(30-19)27(20(2)33-34)23-12-8-5-9-13-23/h4-17,32H,18H2,1-3H3,(H,31,35). The molecule has 5 rings (SSSR count). The molecule has 0 aliphatic rings. The molecule has 1 amide bonds. The van der Waals surface area contributed by atoms with E-state index >= 15 is 0 Å². The lowest BCUT2D eigenvalue weighted by Crippen LogP contribution is -2.10. The number of hydrogen-bond donors (Lipinski definition) is 2. The second-order valence-electron chi connectivity index (χ2n) is 8.63. The first-order valence-electron chi connectivity index (χ1n) is 11.6. The summed E-state index contributed by atoms with van der Waals surface area (Å²) in [5, 5.41) is 11.3. The number of fused-ring (bicyclic) bond motifs is 1. The summed E-state index contributed by atoms with van der Waals surface area (Å²) in [4.78, 5) is 16.4. The van der Waals surface area contributed by atoms with Crippen LogP contribution < -0.4 is 10.6 Å². The molecule has 0 aliphatic carbocycles. The summed E-state index contributed by atoms with van der Waals surface area (Å²) in [6, 6.07) is 28.3. The van der Waals surface area contributed by atoms with E-state index in [9.17, 15) is 4.79 Å². The molecule has 0 fully saturated rings. The first kappa shape index (κ1) is 22.3. The van der Waals surface area contributed by atoms with Gasteiger partial charge in [-0.25, -0.2) is 4.98 Å². The van der Waals surface area contributed by atoms with E-state index in [4.69, 9.17) is 10.1 Å². The number of rotatable bonds is 6. The summed E-state index contributed by atoms with van der Waals surface area (Å²) in [6.07, 6.45) is 0.724. The van der Waals surface area contributed by atoms with Crippen molar-refractivity contribution in [3.63, 3.8) is 0 Å². The number of aromatic nitrogens is 3. The van der Waals surface area contributed by atoms with Crippen LogP contribution in [0, 0.1) is 13.8 Å². The Labute approximate surface area is 204 Å². The highest BCUT2D eigenvalue weighted by atomic mass is 16.1. The van der Waals surface area contributed by atoms with Crippen LogP contribution in [-0.4, -0.2) is 20.5 Å². The van der Waals surface area contributed by atoms with Crippen molar-refractivity contribution in [1.82, 2.24) is 14.6 Å². The molecule has 0 atom stereocenters. The average molecular weight is 462 g/mol. The maximum Gasteiger partial charge on any atom is 0.221 e. The first-order valence-corrected chi connectivity index (χ1v) is 11.6. The molecule has 3 aromatic carbocycles. The van der Waals surface area contributed by atoms with E-state index in [1.54, 1.807) is 0 Å². The van der Waals surface area contributed by atoms with Crippen LogP contribution in [0.4, 0.5) is 17.2 Å². The van der Waals surface area contributed by atoms with E-state index < -0.39 is 0 Å². The fourth-order valence-corrected chi connectivity index (χ4v) is 4.36. The fourth-order valence-electron chi connectivity index (χ4n) is 4.36. The van der Waals surface area contributed by atoms with Crippen molar-refractivity contribution in [2.24, 2.45) is 0 Å². The fraction of sp³-hybridized carbons (Fsp3) is 0.138. The largest absolute Gasteiger partial charge is 0.340 e. The van der Waals surface area contributed by atoms with Gasteiger partial charge in [-0.1, -0.05) is 60.7 Å². The lowest BCUT2D eigenvalue weighted by atomic mass is 10.0. The molecule has 0 radical (unpaired) electrons. The lowest BCUT2D eigenvalue weighted by molar-refractivity contribution is -0.114. The molecule has 0 aliphatic heterocycles. The topological polar surface area (TPSA) is 71.3 Å². The third-order valence-electron chi connectivity index (χ3n) is 6.00. The van der Waals surface area contributed by atoms with Crippen LogP contribution in [0.2, 0.25) is 0 Å². The predicted molar refractivity (Wildman–Crippen MR) is 141 cm³/mol. The zero-order chi connectivity index (χ0) is 24.4. The number of nitrogens with zero attached hydrogens (tertiary/aromatic N) is 3. The average Bonchev–Trinajstić information content (AvgIpc) is 3.18. The van der Waals surface area contributed by atoms with Gasteiger partial charge in [0.15, 0.2) is 5.65 Å². The van der Waals surface area contributed by atoms with Crippen LogP contribution in [0.25, 0.3) is 16.8 Å². The maximum atomic E-state index is 11.4. The van der Waals surface area contributed by atoms with Gasteiger partial charge in [0.1, 0.15) is 5.82 Å². The van der Waals surface area contributed by atoms with Crippen LogP contribution >= 0.6 is 0 Å². The Bertz CT molecular complexity index is 1490. The molecule has 174 valence electrons. The molecule has 6 heteroatoms. The van der Waals surface area contributed by atoms with Crippen molar-refractivity contribution >= 4 is 28.7 Å². The van der Waals surface area contributed by atoms with E-state index in [1.807, 2.05) is 60.0 Å². The molecule has 0 unspecified atom stereocenters. The normalized spacial score (nSPS) is 10.9. The monoisotopic (exact) mass is 461 g/mol. The van der Waals surface area contributed by atoms with Gasteiger partial charge in [0.2, 0.25) is 5.91 Å². The third-order valence-corrected chi connectivity index (χ3v) is 6.00. The van der Waals surface area contributed by atoms with E-state index in [1.165, 1.54) is 12.5 Å². The number of carbonyl (C=O) groups is 1. The number of benzene rings is 3. The first-order chi connectivity index (χ1) is 17.0. The van der Waals surface area contributed by atoms with Crippen molar-refractivity contribution in [1.29, 1.82) is 0 Å². The van der Waals surface area contributed by atoms with Crippen molar-refractivity contribution in [3.05, 3.63) is 107 Å². The third kappa shape index (κ3) is 4.64. The smallest absolute Gasteiger partial charge is 0.221 e. The number of carbonyl (C=O) groups excluding carboxylic acids is 1. The van der Waals surface area contributed by atoms with Crippen LogP contribution in [0.3, 0.4) is 0 Å². The zero-order valence-electron chi connectivity index (χ0n) is 20.0. The van der Waals surface area contributed by atoms with Gasteiger partial charge in [0.25, 0.3) is 0 Å². The number of anilines is 3. The molecular weight excluding hydrogens is 434 g/mol. The summed E-state index contributed by atoms with van der Waals surface area (Å²) in [6.45, 7) is 5.58. The molecule has 2 aromatic heterocycles. The molecule has 6 nitrogen and oxygen atoms in total. The van der Waals surface area contributed by atoms with Gasteiger partial charge >= 0.3 is 0 Å². The van der Waals surface area contributed by atoms with Gasteiger partial charge in [0.05, 0.1) is 5.69 Å². The number of nitrogens with one attached hydrogen (secondary N) is 2. The molecule has 5 aromatic rings. The minimum absolute atomic E-state index is 0.0946. The quantitative estimate of drug-likeness (QED) is 0.311. The number of amides is 1. The highest BCUT2D eigenvalue weighted by Gasteiger charge is 2.20. The number of aryl methyl sites for hydroxylation is 2. The van der Waals surface area contributed by atoms with Gasteiger partial charge in [-0.3, -0.25) is 4.79 Å². The van der Waals surface area contributed by atoms with Gasteiger partial charge < -0.3 is 10.6 Å². The highest BCUT2D eigenvalue weighted by molar-refractivity contribution is 5.89. The van der Waals surface area contributed by atoms with E-state index in [2.05, 4.69) is 54.0 Å². The van der Waals surface area contributed by atoms with Crippen molar-refractivity contribution in [2.75, 3.05) is 10.6 Å². The SMILES string of the molecule is CC(=O)Nc1ccc(Nc2c(Cc3ccccc3)c(C)nc3c(-c4ccccc4)c(C)nn23)cc1. The number of hydrogen-bond acceptors (Lipinski definition) is 4. The predicted octanol–water partition coefficient (Wildman–Crippen LogP) is 6.31. The Morgan fingerprint density at radius 1 is 0.829 bits per heavy atom. The highest BCUT2D eigenvalue weighted by Crippen LogP contribution is 2.33. The molecule has 0 spiro atoms. The van der Waals surface area contributed by atoms with E-state index in [0.29, 0.717) is 0 Å². The van der Waals surface area contributed by atoms with Crippen LogP contribution in [-0.2, 0) is 11.2 Å². The summed E-state index contributed by atoms with van der Waals surface area (Å²) >= 11 is 0. The summed E-state index contributed by atoms with van der Waals surface area (Å²) in [7, 11) is 0. The second-order valence-corrected chi connectivity index (χ2v) is 8.63. The van der Waals surface area contributed by atoms with E-state index in [0.717, 1.165) is 57.3 Å². The molecule has 0 saturated carbocycles. The van der Waals surface area contributed by atoms with Gasteiger partial charge in [-0.15, -0.1) is 0 Å².